The number of rotatable bonds is 4. The minimum atomic E-state index is -0.600. The molecule has 0 amide bonds. The van der Waals surface area contributed by atoms with Gasteiger partial charge in [-0.1, -0.05) is 13.3 Å². The summed E-state index contributed by atoms with van der Waals surface area (Å²) in [5, 5.41) is 9.36. The van der Waals surface area contributed by atoms with Crippen molar-refractivity contribution in [1.29, 1.82) is 0 Å². The summed E-state index contributed by atoms with van der Waals surface area (Å²) in [6, 6.07) is 0. The van der Waals surface area contributed by atoms with E-state index in [2.05, 4.69) is 6.92 Å². The molecule has 2 unspecified atom stereocenters. The van der Waals surface area contributed by atoms with Gasteiger partial charge in [0.15, 0.2) is 12.0 Å². The van der Waals surface area contributed by atoms with Crippen LogP contribution in [0.3, 0.4) is 0 Å². The van der Waals surface area contributed by atoms with Crippen molar-refractivity contribution in [2.75, 3.05) is 0 Å². The topological polar surface area (TPSA) is 46.5 Å². The van der Waals surface area contributed by atoms with Crippen LogP contribution in [0.5, 0.6) is 0 Å². The molecule has 0 aromatic rings. The molecule has 0 radical (unpaired) electrons. The summed E-state index contributed by atoms with van der Waals surface area (Å²) in [4.78, 5) is 10.3. The third-order valence-electron chi connectivity index (χ3n) is 1.96. The molecule has 2 atom stereocenters. The van der Waals surface area contributed by atoms with Crippen molar-refractivity contribution in [1.82, 2.24) is 0 Å². The van der Waals surface area contributed by atoms with E-state index in [1.54, 1.807) is 0 Å². The van der Waals surface area contributed by atoms with Crippen molar-refractivity contribution in [3.05, 3.63) is 11.8 Å². The Hall–Kier alpha value is -0.830. The van der Waals surface area contributed by atoms with E-state index in [0.717, 1.165) is 19.3 Å². The highest BCUT2D eigenvalue weighted by Gasteiger charge is 2.26. The van der Waals surface area contributed by atoms with Gasteiger partial charge in [-0.05, 0) is 18.9 Å². The zero-order valence-corrected chi connectivity index (χ0v) is 7.19. The Morgan fingerprint density at radius 2 is 2.50 bits per heavy atom. The average molecular weight is 170 g/mol. The lowest BCUT2D eigenvalue weighted by molar-refractivity contribution is -0.108. The van der Waals surface area contributed by atoms with Gasteiger partial charge in [-0.2, -0.15) is 0 Å². The summed E-state index contributed by atoms with van der Waals surface area (Å²) < 4.78 is 5.17. The number of aliphatic hydroxyl groups is 1. The van der Waals surface area contributed by atoms with E-state index in [4.69, 9.17) is 4.74 Å². The van der Waals surface area contributed by atoms with E-state index in [9.17, 15) is 9.90 Å². The fourth-order valence-electron chi connectivity index (χ4n) is 1.26. The van der Waals surface area contributed by atoms with Crippen LogP contribution in [0.15, 0.2) is 11.8 Å². The Morgan fingerprint density at radius 1 is 1.75 bits per heavy atom. The third kappa shape index (κ3) is 2.08. The molecule has 1 aliphatic rings. The van der Waals surface area contributed by atoms with Crippen LogP contribution in [0.1, 0.15) is 26.2 Å². The minimum Gasteiger partial charge on any atom is -0.484 e. The molecule has 1 rings (SSSR count). The van der Waals surface area contributed by atoms with Crippen molar-refractivity contribution in [3.63, 3.8) is 0 Å². The molecule has 0 aliphatic carbocycles. The lowest BCUT2D eigenvalue weighted by Crippen LogP contribution is -2.21. The number of unbranched alkanes of at least 4 members (excludes halogenated alkanes) is 1. The number of hydrogen-bond donors (Lipinski definition) is 1. The van der Waals surface area contributed by atoms with E-state index in [1.165, 1.54) is 6.08 Å². The van der Waals surface area contributed by atoms with Gasteiger partial charge in [-0.25, -0.2) is 0 Å². The first-order valence-corrected chi connectivity index (χ1v) is 4.29. The van der Waals surface area contributed by atoms with Gasteiger partial charge >= 0.3 is 0 Å². The zero-order chi connectivity index (χ0) is 8.97. The summed E-state index contributed by atoms with van der Waals surface area (Å²) >= 11 is 0. The maximum Gasteiger partial charge on any atom is 0.184 e. The molecule has 0 aromatic carbocycles. The molecular weight excluding hydrogens is 156 g/mol. The van der Waals surface area contributed by atoms with Crippen molar-refractivity contribution in [2.24, 2.45) is 0 Å². The van der Waals surface area contributed by atoms with E-state index in [0.29, 0.717) is 6.29 Å². The van der Waals surface area contributed by atoms with Crippen LogP contribution in [-0.2, 0) is 9.53 Å². The summed E-state index contributed by atoms with van der Waals surface area (Å²) in [7, 11) is 0. The number of carbonyl (C=O) groups is 1. The summed E-state index contributed by atoms with van der Waals surface area (Å²) in [5.74, 6) is 0.267. The van der Waals surface area contributed by atoms with E-state index >= 15 is 0 Å². The van der Waals surface area contributed by atoms with Crippen LogP contribution in [0.2, 0.25) is 0 Å². The van der Waals surface area contributed by atoms with Crippen LogP contribution in [0.25, 0.3) is 0 Å². The van der Waals surface area contributed by atoms with Crippen molar-refractivity contribution < 1.29 is 14.6 Å². The third-order valence-corrected chi connectivity index (χ3v) is 1.96. The van der Waals surface area contributed by atoms with Crippen molar-refractivity contribution in [3.8, 4) is 0 Å². The molecule has 0 saturated heterocycles. The minimum absolute atomic E-state index is 0.204. The number of hydrogen-bond acceptors (Lipinski definition) is 3. The van der Waals surface area contributed by atoms with Gasteiger partial charge in [-0.15, -0.1) is 0 Å². The van der Waals surface area contributed by atoms with Gasteiger partial charge in [0.1, 0.15) is 12.2 Å². The fourth-order valence-corrected chi connectivity index (χ4v) is 1.26. The number of ether oxygens (including phenoxy) is 1. The smallest absolute Gasteiger partial charge is 0.184 e. The largest absolute Gasteiger partial charge is 0.484 e. The summed E-state index contributed by atoms with van der Waals surface area (Å²) in [6.45, 7) is 2.08. The lowest BCUT2D eigenvalue weighted by Gasteiger charge is -2.13. The molecule has 0 spiro atoms. The first kappa shape index (κ1) is 9.26. The van der Waals surface area contributed by atoms with Gasteiger partial charge in [0.25, 0.3) is 0 Å². The number of aldehydes is 1. The highest BCUT2D eigenvalue weighted by atomic mass is 16.5. The van der Waals surface area contributed by atoms with Crippen molar-refractivity contribution in [2.45, 2.75) is 38.4 Å². The first-order chi connectivity index (χ1) is 5.77. The van der Waals surface area contributed by atoms with Gasteiger partial charge in [0.2, 0.25) is 0 Å². The molecule has 0 aromatic heterocycles. The van der Waals surface area contributed by atoms with E-state index < -0.39 is 6.10 Å². The lowest BCUT2D eigenvalue weighted by atomic mass is 10.1. The standard InChI is InChI=1S/C9H14O3/c1-2-3-4-9-8(11)5-7(6-10)12-9/h5-6,8-9,11H,2-4H2,1H3. The molecule has 1 aliphatic heterocycles. The number of aliphatic hydroxyl groups excluding tert-OH is 1. The Kier molecular flexibility index (Phi) is 3.29. The first-order valence-electron chi connectivity index (χ1n) is 4.29. The van der Waals surface area contributed by atoms with Gasteiger partial charge < -0.3 is 9.84 Å². The van der Waals surface area contributed by atoms with Crippen LogP contribution >= 0.6 is 0 Å². The second kappa shape index (κ2) is 4.26. The molecule has 1 heterocycles. The second-order valence-electron chi connectivity index (χ2n) is 2.98. The quantitative estimate of drug-likeness (QED) is 0.641. The summed E-state index contributed by atoms with van der Waals surface area (Å²) in [6.07, 6.45) is 4.19. The summed E-state index contributed by atoms with van der Waals surface area (Å²) in [5.41, 5.74) is 0. The molecule has 3 heteroatoms. The Labute approximate surface area is 72.0 Å². The molecule has 0 bridgehead atoms. The molecule has 0 saturated carbocycles. The van der Waals surface area contributed by atoms with E-state index in [-0.39, 0.29) is 11.9 Å². The van der Waals surface area contributed by atoms with E-state index in [1.807, 2.05) is 0 Å². The maximum atomic E-state index is 10.3. The van der Waals surface area contributed by atoms with Gasteiger partial charge in [-0.3, -0.25) is 4.79 Å². The highest BCUT2D eigenvalue weighted by molar-refractivity contribution is 5.71. The predicted molar refractivity (Wildman–Crippen MR) is 44.6 cm³/mol. The Morgan fingerprint density at radius 3 is 3.00 bits per heavy atom. The van der Waals surface area contributed by atoms with Crippen LogP contribution in [0.4, 0.5) is 0 Å². The number of allylic oxidation sites excluding steroid dienone is 1. The Bertz CT molecular complexity index is 186. The van der Waals surface area contributed by atoms with Crippen molar-refractivity contribution >= 4 is 6.29 Å². The molecule has 1 N–H and O–H groups in total. The van der Waals surface area contributed by atoms with Gasteiger partial charge in [0.05, 0.1) is 0 Å². The molecule has 3 nitrogen and oxygen atoms in total. The van der Waals surface area contributed by atoms with Gasteiger partial charge in [0, 0.05) is 0 Å². The molecule has 68 valence electrons. The zero-order valence-electron chi connectivity index (χ0n) is 7.19. The second-order valence-corrected chi connectivity index (χ2v) is 2.98. The van der Waals surface area contributed by atoms with Crippen LogP contribution < -0.4 is 0 Å². The monoisotopic (exact) mass is 170 g/mol. The normalized spacial score (nSPS) is 28.0. The molecular formula is C9H14O3. The maximum absolute atomic E-state index is 10.3. The number of carbonyl (C=O) groups excluding carboxylic acids is 1. The highest BCUT2D eigenvalue weighted by Crippen LogP contribution is 2.20. The SMILES string of the molecule is CCCCC1OC(C=O)=CC1O. The van der Waals surface area contributed by atoms with Crippen LogP contribution in [0, 0.1) is 0 Å². The predicted octanol–water partition coefficient (Wildman–Crippen LogP) is 1.02. The Balaban J connectivity index is 2.37. The fraction of sp³-hybridized carbons (Fsp3) is 0.667. The van der Waals surface area contributed by atoms with Crippen LogP contribution in [-0.4, -0.2) is 23.6 Å². The average Bonchev–Trinajstić information content (AvgIpc) is 2.43. The molecule has 0 fully saturated rings. The molecule has 12 heavy (non-hydrogen) atoms.